The maximum absolute atomic E-state index is 12.1. The summed E-state index contributed by atoms with van der Waals surface area (Å²) in [7, 11) is 0. The van der Waals surface area contributed by atoms with Crippen LogP contribution in [0.2, 0.25) is 0 Å². The van der Waals surface area contributed by atoms with Gasteiger partial charge in [0, 0.05) is 0 Å². The van der Waals surface area contributed by atoms with Crippen molar-refractivity contribution < 1.29 is 9.21 Å². The van der Waals surface area contributed by atoms with Gasteiger partial charge >= 0.3 is 141 Å². The molecule has 0 radical (unpaired) electrons. The summed E-state index contributed by atoms with van der Waals surface area (Å²) in [5.41, 5.74) is 0. The molecule has 5 nitrogen and oxygen atoms in total. The molecule has 0 fully saturated rings. The second-order valence-electron chi connectivity index (χ2n) is 8.23. The molecule has 1 atom stereocenters. The zero-order valence-corrected chi connectivity index (χ0v) is 22.5. The average molecular weight is 522 g/mol. The Kier molecular flexibility index (Phi) is 15.2. The van der Waals surface area contributed by atoms with Crippen molar-refractivity contribution in [3.63, 3.8) is 0 Å². The summed E-state index contributed by atoms with van der Waals surface area (Å²) in [5.74, 6) is 1.05. The van der Waals surface area contributed by atoms with Crippen LogP contribution in [0.4, 0.5) is 5.13 Å². The van der Waals surface area contributed by atoms with Gasteiger partial charge < -0.3 is 0 Å². The number of carbonyl (C=O) groups is 1. The normalized spacial score (nSPS) is 11.8. The molecule has 32 heavy (non-hydrogen) atoms. The van der Waals surface area contributed by atoms with Gasteiger partial charge in [-0.15, -0.1) is 0 Å². The third-order valence-corrected chi connectivity index (χ3v) is 9.32. The van der Waals surface area contributed by atoms with Crippen LogP contribution in [0.3, 0.4) is 0 Å². The van der Waals surface area contributed by atoms with E-state index in [-0.39, 0.29) is 5.91 Å². The minimum absolute atomic E-state index is 0.0522. The Hall–Kier alpha value is -1.39. The zero-order chi connectivity index (χ0) is 22.7. The molecule has 2 aromatic heterocycles. The zero-order valence-electron chi connectivity index (χ0n) is 19.6. The Morgan fingerprint density at radius 1 is 1.00 bits per heavy atom. The third-order valence-electron chi connectivity index (χ3n) is 5.33. The van der Waals surface area contributed by atoms with Crippen LogP contribution in [0.15, 0.2) is 35.0 Å². The van der Waals surface area contributed by atoms with Gasteiger partial charge in [-0.1, -0.05) is 51.2 Å². The van der Waals surface area contributed by atoms with Gasteiger partial charge in [-0.25, -0.2) is 0 Å². The van der Waals surface area contributed by atoms with Crippen molar-refractivity contribution in [2.75, 3.05) is 5.32 Å². The summed E-state index contributed by atoms with van der Waals surface area (Å²) < 4.78 is 6.40. The number of nitrogens with one attached hydrogen (secondary N) is 1. The van der Waals surface area contributed by atoms with Gasteiger partial charge in [0.05, 0.1) is 0 Å². The molecule has 1 N–H and O–H groups in total. The van der Waals surface area contributed by atoms with Crippen LogP contribution in [0.5, 0.6) is 0 Å². The van der Waals surface area contributed by atoms with Gasteiger partial charge in [-0.05, 0) is 12.8 Å². The average Bonchev–Trinajstić information content (AvgIpc) is 3.47. The van der Waals surface area contributed by atoms with E-state index in [0.717, 1.165) is 27.6 Å². The molecule has 2 rings (SSSR count). The van der Waals surface area contributed by atoms with E-state index in [2.05, 4.69) is 34.6 Å². The van der Waals surface area contributed by atoms with E-state index >= 15 is 0 Å². The van der Waals surface area contributed by atoms with Crippen LogP contribution in [0.1, 0.15) is 103 Å². The molecule has 2 heterocycles. The van der Waals surface area contributed by atoms with Crippen molar-refractivity contribution in [3.05, 3.63) is 36.3 Å². The van der Waals surface area contributed by atoms with Crippen LogP contribution in [-0.2, 0) is 10.0 Å². The third kappa shape index (κ3) is 13.2. The van der Waals surface area contributed by atoms with E-state index in [9.17, 15) is 4.79 Å². The molecular formula is C25H40AsN3O2S. The van der Waals surface area contributed by atoms with Crippen LogP contribution < -0.4 is 9.11 Å². The Morgan fingerprint density at radius 2 is 1.69 bits per heavy atom. The second kappa shape index (κ2) is 18.1. The van der Waals surface area contributed by atoms with Crippen molar-refractivity contribution >= 4 is 41.9 Å². The number of hydrogen-bond acceptors (Lipinski definition) is 5. The van der Waals surface area contributed by atoms with Gasteiger partial charge in [-0.3, -0.25) is 0 Å². The van der Waals surface area contributed by atoms with Gasteiger partial charge in [0.2, 0.25) is 0 Å². The topological polar surface area (TPSA) is 68.0 Å². The first-order chi connectivity index (χ1) is 15.8. The monoisotopic (exact) mass is 521 g/mol. The van der Waals surface area contributed by atoms with Crippen molar-refractivity contribution in [1.29, 1.82) is 0 Å². The van der Waals surface area contributed by atoms with Gasteiger partial charge in [0.1, 0.15) is 0 Å². The number of furan rings is 1. The second-order valence-corrected chi connectivity index (χ2v) is 12.4. The quantitative estimate of drug-likeness (QED) is 0.133. The Labute approximate surface area is 204 Å². The molecule has 0 aliphatic carbocycles. The fourth-order valence-corrected chi connectivity index (χ4v) is 6.84. The fraction of sp³-hybridized carbons (Fsp3) is 0.640. The standard InChI is InChI=1S/C25H40AsN3O2S/c1-2-3-4-5-6-7-8-9-10-11-12-13-14-15-16-19-23(30)27-25-29-28-24(32-25)26-21-22-18-17-20-31-22/h9-10,17-18,20,26H,2-8,11-16,19,21H2,1H3,(H,27,29,30). The van der Waals surface area contributed by atoms with Crippen molar-refractivity contribution in [3.8, 4) is 0 Å². The molecule has 178 valence electrons. The maximum atomic E-state index is 12.1. The van der Waals surface area contributed by atoms with E-state index in [1.165, 1.54) is 82.0 Å². The molecule has 1 amide bonds. The minimum atomic E-state index is -0.408. The first-order valence-corrected chi connectivity index (χ1v) is 15.7. The van der Waals surface area contributed by atoms with Crippen molar-refractivity contribution in [1.82, 2.24) is 10.2 Å². The molecule has 7 heteroatoms. The molecule has 2 aromatic rings. The number of carbonyl (C=O) groups excluding carboxylic acids is 1. The van der Waals surface area contributed by atoms with Crippen LogP contribution in [-0.4, -0.2) is 31.9 Å². The van der Waals surface area contributed by atoms with E-state index in [1.807, 2.05) is 12.1 Å². The summed E-state index contributed by atoms with van der Waals surface area (Å²) in [6.07, 6.45) is 23.4. The Bertz CT molecular complexity index is 746. The molecule has 0 aliphatic heterocycles. The Morgan fingerprint density at radius 3 is 2.38 bits per heavy atom. The number of unbranched alkanes of at least 4 members (excludes halogenated alkanes) is 11. The first-order valence-electron chi connectivity index (χ1n) is 12.3. The number of amides is 1. The number of allylic oxidation sites excluding steroid dienone is 2. The number of rotatable bonds is 19. The predicted octanol–water partition coefficient (Wildman–Crippen LogP) is 6.37. The molecule has 0 spiro atoms. The molecule has 0 saturated heterocycles. The molecular weight excluding hydrogens is 481 g/mol. The number of aromatic nitrogens is 2. The first kappa shape index (κ1) is 26.9. The van der Waals surface area contributed by atoms with E-state index in [4.69, 9.17) is 4.42 Å². The van der Waals surface area contributed by atoms with Crippen LogP contribution in [0.25, 0.3) is 0 Å². The molecule has 0 aliphatic rings. The van der Waals surface area contributed by atoms with Crippen LogP contribution in [0, 0.1) is 0 Å². The Balaban J connectivity index is 1.39. The molecule has 0 bridgehead atoms. The summed E-state index contributed by atoms with van der Waals surface area (Å²) >= 11 is 1.09. The predicted molar refractivity (Wildman–Crippen MR) is 137 cm³/mol. The number of hydrogen-bond donors (Lipinski definition) is 1. The molecule has 0 aromatic carbocycles. The van der Waals surface area contributed by atoms with Crippen LogP contribution >= 0.6 is 11.3 Å². The van der Waals surface area contributed by atoms with Gasteiger partial charge in [-0.2, -0.15) is 0 Å². The SMILES string of the molecule is CCCCCCCCC=CCCCCCCCC(=O)Nc1nnc([AsH]Cc2ccco2)s1. The number of anilines is 1. The summed E-state index contributed by atoms with van der Waals surface area (Å²) in [5, 5.41) is 12.8. The van der Waals surface area contributed by atoms with E-state index < -0.39 is 15.8 Å². The van der Waals surface area contributed by atoms with E-state index in [1.54, 1.807) is 6.26 Å². The summed E-state index contributed by atoms with van der Waals surface area (Å²) in [4.78, 5) is 12.1. The van der Waals surface area contributed by atoms with Crippen molar-refractivity contribution in [2.45, 2.75) is 102 Å². The fourth-order valence-electron chi connectivity index (χ4n) is 3.46. The van der Waals surface area contributed by atoms with E-state index in [0.29, 0.717) is 11.6 Å². The molecule has 0 saturated carbocycles. The van der Waals surface area contributed by atoms with Gasteiger partial charge in [0.15, 0.2) is 0 Å². The number of nitrogens with zero attached hydrogens (tertiary/aromatic N) is 2. The molecule has 1 unspecified atom stereocenters. The summed E-state index contributed by atoms with van der Waals surface area (Å²) in [6.45, 7) is 2.27. The summed E-state index contributed by atoms with van der Waals surface area (Å²) in [6, 6.07) is 3.89. The van der Waals surface area contributed by atoms with Gasteiger partial charge in [0.25, 0.3) is 0 Å². The van der Waals surface area contributed by atoms with Crippen molar-refractivity contribution in [2.24, 2.45) is 0 Å².